The van der Waals surface area contributed by atoms with Crippen molar-refractivity contribution < 1.29 is 37.8 Å². The van der Waals surface area contributed by atoms with E-state index in [-0.39, 0.29) is 34.6 Å². The first kappa shape index (κ1) is 38.8. The highest BCUT2D eigenvalue weighted by Gasteiger charge is 2.55. The van der Waals surface area contributed by atoms with Gasteiger partial charge in [-0.15, -0.1) is 4.99 Å². The number of benzene rings is 2. The fourth-order valence-corrected chi connectivity index (χ4v) is 6.15. The molecule has 4 amide bonds. The van der Waals surface area contributed by atoms with Crippen molar-refractivity contribution in [2.45, 2.75) is 71.1 Å². The second-order valence-corrected chi connectivity index (χ2v) is 14.8. The predicted molar refractivity (Wildman–Crippen MR) is 193 cm³/mol. The second kappa shape index (κ2) is 15.3. The van der Waals surface area contributed by atoms with E-state index in [1.807, 2.05) is 20.8 Å². The fourth-order valence-electron chi connectivity index (χ4n) is 5.95. The molecule has 17 heteroatoms. The number of aromatic nitrogens is 2. The fraction of sp³-hybridized carbons (Fsp3) is 0.417. The molecule has 3 aromatic rings. The molecule has 2 atom stereocenters. The minimum atomic E-state index is -2.82. The Balaban J connectivity index is 1.63. The van der Waals surface area contributed by atoms with Gasteiger partial charge in [0.1, 0.15) is 18.0 Å². The van der Waals surface area contributed by atoms with Crippen LogP contribution in [0.3, 0.4) is 0 Å². The van der Waals surface area contributed by atoms with E-state index in [2.05, 4.69) is 25.7 Å². The number of halogens is 3. The largest absolute Gasteiger partial charge is 0.463 e. The van der Waals surface area contributed by atoms with Crippen molar-refractivity contribution in [1.82, 2.24) is 30.2 Å². The number of guanidine groups is 1. The van der Waals surface area contributed by atoms with Crippen LogP contribution in [-0.4, -0.2) is 87.2 Å². The lowest BCUT2D eigenvalue weighted by Gasteiger charge is -2.35. The molecule has 1 saturated heterocycles. The summed E-state index contributed by atoms with van der Waals surface area (Å²) in [5, 5.41) is 19.5. The highest BCUT2D eigenvalue weighted by molar-refractivity contribution is 6.34. The third-order valence-electron chi connectivity index (χ3n) is 8.75. The van der Waals surface area contributed by atoms with Crippen molar-refractivity contribution in [1.29, 1.82) is 0 Å². The van der Waals surface area contributed by atoms with Gasteiger partial charge in [-0.05, 0) is 60.4 Å². The normalized spacial score (nSPS) is 19.0. The third kappa shape index (κ3) is 8.99. The second-order valence-electron chi connectivity index (χ2n) is 14.4. The summed E-state index contributed by atoms with van der Waals surface area (Å²) in [6, 6.07) is 9.75. The summed E-state index contributed by atoms with van der Waals surface area (Å²) >= 11 is 6.47. The van der Waals surface area contributed by atoms with Gasteiger partial charge < -0.3 is 25.4 Å². The standard InChI is InChI=1S/C36H41ClF2N8O6/c1-20(45(5)6)41-29(48)26-15-22(9-14-27(26)37)28(18-53-34(52)42-25-12-13-25)47-30(49)36(19-35(2,3)4,44-32(47)43-33(50)51)24-10-7-21(8-11-24)23-16-40-46(17-23)31(38)39/h7-11,14-17,25,28,31H,12-13,18-19H2,1-6H3,(H,42,52)(H,43,44)(H,50,51)/t28?,36-/m1/s1. The van der Waals surface area contributed by atoms with Crippen LogP contribution in [0.15, 0.2) is 64.8 Å². The SMILES string of the molecule is CC(=NC(=O)c1cc(C(COC(=O)NC2CC2)N2C(=O)[C@@](CC(C)(C)C)(c3ccc(-c4cnn(C(F)F)c4)cc3)NC2=NC(=O)O)ccc1Cl)N(C)C. The maximum Gasteiger partial charge on any atom is 0.434 e. The van der Waals surface area contributed by atoms with Gasteiger partial charge in [0.05, 0.1) is 22.8 Å². The Morgan fingerprint density at radius 2 is 1.83 bits per heavy atom. The molecular formula is C36H41ClF2N8O6. The number of amides is 4. The molecule has 2 heterocycles. The molecule has 5 rings (SSSR count). The molecule has 14 nitrogen and oxygen atoms in total. The smallest absolute Gasteiger partial charge is 0.434 e. The number of alkyl carbamates (subject to hydrolysis) is 1. The number of ether oxygens (including phenoxy) is 1. The summed E-state index contributed by atoms with van der Waals surface area (Å²) in [4.78, 5) is 64.1. The van der Waals surface area contributed by atoms with Crippen LogP contribution in [0.25, 0.3) is 11.1 Å². The molecule has 2 fully saturated rings. The van der Waals surface area contributed by atoms with E-state index in [9.17, 15) is 28.3 Å². The first-order valence-corrected chi connectivity index (χ1v) is 17.1. The summed E-state index contributed by atoms with van der Waals surface area (Å²) in [5.41, 5.74) is -0.474. The van der Waals surface area contributed by atoms with Crippen LogP contribution < -0.4 is 10.6 Å². The van der Waals surface area contributed by atoms with Gasteiger partial charge >= 0.3 is 18.7 Å². The third-order valence-corrected chi connectivity index (χ3v) is 9.08. The molecule has 1 unspecified atom stereocenters. The van der Waals surface area contributed by atoms with Gasteiger partial charge in [-0.1, -0.05) is 62.7 Å². The maximum absolute atomic E-state index is 15.1. The quantitative estimate of drug-likeness (QED) is 0.156. The molecule has 2 aromatic carbocycles. The number of aliphatic imine (C=N–C) groups is 2. The zero-order valence-electron chi connectivity index (χ0n) is 30.1. The lowest BCUT2D eigenvalue weighted by molar-refractivity contribution is -0.134. The van der Waals surface area contributed by atoms with Crippen LogP contribution in [0.2, 0.25) is 5.02 Å². The van der Waals surface area contributed by atoms with Gasteiger partial charge in [0.15, 0.2) is 0 Å². The number of hydrogen-bond acceptors (Lipinski definition) is 6. The van der Waals surface area contributed by atoms with Gasteiger partial charge in [-0.2, -0.15) is 18.9 Å². The van der Waals surface area contributed by atoms with Gasteiger partial charge in [-0.25, -0.2) is 14.3 Å². The van der Waals surface area contributed by atoms with Crippen molar-refractivity contribution in [2.24, 2.45) is 15.4 Å². The van der Waals surface area contributed by atoms with E-state index in [1.54, 1.807) is 50.2 Å². The van der Waals surface area contributed by atoms with Gasteiger partial charge in [0.2, 0.25) is 5.96 Å². The molecule has 1 aliphatic heterocycles. The Hall–Kier alpha value is -5.38. The van der Waals surface area contributed by atoms with E-state index in [0.29, 0.717) is 27.2 Å². The average molecular weight is 755 g/mol. The van der Waals surface area contributed by atoms with E-state index in [4.69, 9.17) is 16.3 Å². The Morgan fingerprint density at radius 1 is 1.15 bits per heavy atom. The molecule has 1 aliphatic carbocycles. The molecule has 53 heavy (non-hydrogen) atoms. The van der Waals surface area contributed by atoms with Crippen LogP contribution in [0.4, 0.5) is 18.4 Å². The van der Waals surface area contributed by atoms with Crippen LogP contribution in [0.1, 0.15) is 81.0 Å². The van der Waals surface area contributed by atoms with Gasteiger partial charge in [0.25, 0.3) is 11.8 Å². The van der Waals surface area contributed by atoms with Crippen LogP contribution >= 0.6 is 11.6 Å². The summed E-state index contributed by atoms with van der Waals surface area (Å²) in [6.07, 6.45) is 1.88. The molecule has 0 spiro atoms. The molecule has 0 bridgehead atoms. The van der Waals surface area contributed by atoms with Gasteiger partial charge in [0, 0.05) is 31.9 Å². The highest BCUT2D eigenvalue weighted by atomic mass is 35.5. The summed E-state index contributed by atoms with van der Waals surface area (Å²) in [6.45, 7) is 4.08. The van der Waals surface area contributed by atoms with Crippen LogP contribution in [-0.2, 0) is 15.1 Å². The van der Waals surface area contributed by atoms with Crippen molar-refractivity contribution in [3.05, 3.63) is 76.6 Å². The van der Waals surface area contributed by atoms with Crippen molar-refractivity contribution in [3.63, 3.8) is 0 Å². The number of nitrogens with zero attached hydrogens (tertiary/aromatic N) is 6. The first-order chi connectivity index (χ1) is 24.9. The minimum absolute atomic E-state index is 0.000773. The Morgan fingerprint density at radius 3 is 2.40 bits per heavy atom. The Labute approximate surface area is 309 Å². The summed E-state index contributed by atoms with van der Waals surface area (Å²) in [7, 11) is 3.44. The number of nitrogens with one attached hydrogen (secondary N) is 2. The zero-order valence-corrected chi connectivity index (χ0v) is 30.8. The number of carbonyl (C=O) groups is 4. The number of rotatable bonds is 10. The van der Waals surface area contributed by atoms with Crippen molar-refractivity contribution in [2.75, 3.05) is 20.7 Å². The number of alkyl halides is 2. The first-order valence-electron chi connectivity index (χ1n) is 16.7. The topological polar surface area (TPSA) is 171 Å². The molecule has 0 radical (unpaired) electrons. The Kier molecular flexibility index (Phi) is 11.2. The van der Waals surface area contributed by atoms with Crippen LogP contribution in [0, 0.1) is 5.41 Å². The molecule has 1 aromatic heterocycles. The molecule has 1 saturated carbocycles. The number of hydrogen-bond donors (Lipinski definition) is 3. The molecule has 3 N–H and O–H groups in total. The molecular weight excluding hydrogens is 714 g/mol. The molecule has 2 aliphatic rings. The number of carboxylic acid groups (broad SMARTS) is 1. The van der Waals surface area contributed by atoms with Gasteiger partial charge in [-0.3, -0.25) is 14.5 Å². The van der Waals surface area contributed by atoms with E-state index < -0.39 is 54.2 Å². The Bertz CT molecular complexity index is 1950. The number of carbonyl (C=O) groups excluding carboxylic acids is 3. The van der Waals surface area contributed by atoms with Crippen LogP contribution in [0.5, 0.6) is 0 Å². The predicted octanol–water partition coefficient (Wildman–Crippen LogP) is 6.45. The summed E-state index contributed by atoms with van der Waals surface area (Å²) < 4.78 is 32.6. The van der Waals surface area contributed by atoms with E-state index in [0.717, 1.165) is 17.7 Å². The monoisotopic (exact) mass is 754 g/mol. The lowest BCUT2D eigenvalue weighted by Crippen LogP contribution is -2.47. The zero-order chi connectivity index (χ0) is 38.8. The van der Waals surface area contributed by atoms with E-state index in [1.165, 1.54) is 30.6 Å². The minimum Gasteiger partial charge on any atom is -0.463 e. The summed E-state index contributed by atoms with van der Waals surface area (Å²) in [5.74, 6) is -1.22. The van der Waals surface area contributed by atoms with E-state index >= 15 is 4.79 Å². The maximum atomic E-state index is 15.1. The lowest BCUT2D eigenvalue weighted by atomic mass is 9.75. The van der Waals surface area contributed by atoms with Crippen molar-refractivity contribution in [3.8, 4) is 11.1 Å². The average Bonchev–Trinajstić information content (AvgIpc) is 3.66. The highest BCUT2D eigenvalue weighted by Crippen LogP contribution is 2.43. The van der Waals surface area contributed by atoms with Crippen molar-refractivity contribution >= 4 is 47.4 Å². The molecule has 282 valence electrons. The number of amidine groups is 1.